The highest BCUT2D eigenvalue weighted by Gasteiger charge is 1.90. The van der Waals surface area contributed by atoms with Crippen molar-refractivity contribution in [2.75, 3.05) is 0 Å². The molecule has 5 heteroatoms. The van der Waals surface area contributed by atoms with E-state index in [1.807, 2.05) is 0 Å². The minimum absolute atomic E-state index is 1.79. The Hall–Kier alpha value is 0.390. The molecule has 0 aromatic rings. The Bertz CT molecular complexity index is 90.1. The van der Waals surface area contributed by atoms with E-state index in [0.717, 1.165) is 0 Å². The molecule has 5 heavy (non-hydrogen) atoms. The lowest BCUT2D eigenvalue weighted by atomic mass is 15.9. The lowest BCUT2D eigenvalue weighted by Crippen LogP contribution is -1.73. The zero-order valence-electron chi connectivity index (χ0n) is 2.01. The van der Waals surface area contributed by atoms with Crippen LogP contribution in [0.2, 0.25) is 0 Å². The van der Waals surface area contributed by atoms with Crippen molar-refractivity contribution in [2.24, 2.45) is 0 Å². The Morgan fingerprint density at radius 3 is 1.40 bits per heavy atom. The molecule has 0 heterocycles. The summed E-state index contributed by atoms with van der Waals surface area (Å²) in [7, 11) is -4.10. The quantitative estimate of drug-likeness (QED) is 0.470. The van der Waals surface area contributed by atoms with Gasteiger partial charge in [0.05, 0.1) is 14.8 Å². The first-order valence-electron chi connectivity index (χ1n) is 0.654. The van der Waals surface area contributed by atoms with Crippen LogP contribution in [0.3, 0.4) is 0 Å². The topological polar surface area (TPSA) is 54.0 Å². The van der Waals surface area contributed by atoms with Crippen LogP contribution in [0.1, 0.15) is 0 Å². The lowest BCUT2D eigenvalue weighted by molar-refractivity contribution is 0.433. The second-order valence-corrected chi connectivity index (χ2v) is 3.56. The van der Waals surface area contributed by atoms with Crippen molar-refractivity contribution < 1.29 is 13.0 Å². The molecule has 0 aliphatic heterocycles. The van der Waals surface area contributed by atoms with E-state index >= 15 is 0 Å². The van der Waals surface area contributed by atoms with Crippen molar-refractivity contribution in [3.63, 3.8) is 0 Å². The lowest BCUT2D eigenvalue weighted by Gasteiger charge is -1.60. The molecule has 0 rings (SSSR count). The molecular formula is BrO3S. The third-order valence-corrected chi connectivity index (χ3v) is 0. The van der Waals surface area contributed by atoms with Crippen molar-refractivity contribution in [1.29, 1.82) is 0 Å². The average molecular weight is 160 g/mol. The van der Waals surface area contributed by atoms with Crippen molar-refractivity contribution in [3.05, 3.63) is 0 Å². The van der Waals surface area contributed by atoms with Gasteiger partial charge in [-0.1, -0.05) is 4.55 Å². The highest BCUT2D eigenvalue weighted by molar-refractivity contribution is 9.46. The fourth-order valence-electron chi connectivity index (χ4n) is 0. The number of hydrogen-bond donors (Lipinski definition) is 0. The first-order chi connectivity index (χ1) is 2.00. The molecule has 0 saturated carbocycles. The molecule has 0 aromatic heterocycles. The first kappa shape index (κ1) is 5.39. The third-order valence-electron chi connectivity index (χ3n) is 0. The minimum Gasteiger partial charge on any atom is -0.185 e. The second kappa shape index (κ2) is 1.24. The second-order valence-electron chi connectivity index (χ2n) is 0.393. The summed E-state index contributed by atoms with van der Waals surface area (Å²) >= 11 is 1.79. The molecule has 0 bridgehead atoms. The molecule has 0 aliphatic carbocycles. The highest BCUT2D eigenvalue weighted by atomic mass is 79.9. The summed E-state index contributed by atoms with van der Waals surface area (Å²) in [4.78, 5) is 0. The van der Waals surface area contributed by atoms with E-state index in [0.29, 0.717) is 0 Å². The predicted molar refractivity (Wildman–Crippen MR) is 18.5 cm³/mol. The van der Waals surface area contributed by atoms with Crippen molar-refractivity contribution in [2.45, 2.75) is 0 Å². The SMILES string of the molecule is [O]S(=O)(=O)Br. The van der Waals surface area contributed by atoms with Gasteiger partial charge in [0.25, 0.3) is 0 Å². The molecule has 0 saturated heterocycles. The number of hydrogen-bond acceptors (Lipinski definition) is 2. The van der Waals surface area contributed by atoms with Crippen molar-refractivity contribution in [3.8, 4) is 0 Å². The third kappa shape index (κ3) is 165. The van der Waals surface area contributed by atoms with Gasteiger partial charge in [-0.2, -0.15) is 8.42 Å². The summed E-state index contributed by atoms with van der Waals surface area (Å²) in [6.45, 7) is 0. The van der Waals surface area contributed by atoms with E-state index < -0.39 is 8.55 Å². The summed E-state index contributed by atoms with van der Waals surface area (Å²) in [5, 5.41) is 0. The first-order valence-corrected chi connectivity index (χ1v) is 3.91. The zero-order valence-corrected chi connectivity index (χ0v) is 4.41. The van der Waals surface area contributed by atoms with E-state index in [9.17, 15) is 0 Å². The molecule has 3 nitrogen and oxygen atoms in total. The Morgan fingerprint density at radius 2 is 1.40 bits per heavy atom. The van der Waals surface area contributed by atoms with Gasteiger partial charge in [-0.3, -0.25) is 0 Å². The van der Waals surface area contributed by atoms with Gasteiger partial charge < -0.3 is 0 Å². The Labute approximate surface area is 36.9 Å². The van der Waals surface area contributed by atoms with E-state index in [1.165, 1.54) is 0 Å². The van der Waals surface area contributed by atoms with Gasteiger partial charge in [-0.05, 0) is 0 Å². The summed E-state index contributed by atoms with van der Waals surface area (Å²) in [6, 6.07) is 0. The molecule has 31 valence electrons. The van der Waals surface area contributed by atoms with E-state index in [4.69, 9.17) is 13.0 Å². The van der Waals surface area contributed by atoms with Crippen LogP contribution in [0.25, 0.3) is 0 Å². The maximum Gasteiger partial charge on any atom is 0.356 e. The van der Waals surface area contributed by atoms with Gasteiger partial charge in [0.2, 0.25) is 0 Å². The molecule has 0 aliphatic rings. The fraction of sp³-hybridized carbons (Fsp3) is 0. The highest BCUT2D eigenvalue weighted by Crippen LogP contribution is 1.90. The van der Waals surface area contributed by atoms with Gasteiger partial charge in [0.15, 0.2) is 0 Å². The molecular weight excluding hydrogens is 160 g/mol. The molecule has 1 radical (unpaired) electrons. The number of halogens is 1. The van der Waals surface area contributed by atoms with Gasteiger partial charge in [0.1, 0.15) is 0 Å². The van der Waals surface area contributed by atoms with E-state index in [1.54, 1.807) is 14.8 Å². The zero-order chi connectivity index (χ0) is 4.50. The Morgan fingerprint density at radius 1 is 1.40 bits per heavy atom. The van der Waals surface area contributed by atoms with Gasteiger partial charge >= 0.3 is 8.55 Å². The molecule has 0 aromatic carbocycles. The summed E-state index contributed by atoms with van der Waals surface area (Å²) in [5.74, 6) is 0. The van der Waals surface area contributed by atoms with Crippen LogP contribution in [0.5, 0.6) is 0 Å². The van der Waals surface area contributed by atoms with Crippen LogP contribution in [0.15, 0.2) is 0 Å². The van der Waals surface area contributed by atoms with Crippen molar-refractivity contribution >= 4 is 23.4 Å². The van der Waals surface area contributed by atoms with Crippen LogP contribution in [0, 0.1) is 0 Å². The van der Waals surface area contributed by atoms with Crippen LogP contribution in [-0.2, 0) is 13.1 Å². The molecule has 0 N–H and O–H groups in total. The molecule has 0 fully saturated rings. The summed E-state index contributed by atoms with van der Waals surface area (Å²) < 4.78 is 27.0. The minimum atomic E-state index is -4.10. The molecule has 0 unspecified atom stereocenters. The molecule has 0 atom stereocenters. The van der Waals surface area contributed by atoms with Crippen molar-refractivity contribution in [1.82, 2.24) is 0 Å². The normalized spacial score (nSPS) is 11.6. The maximum atomic E-state index is 8.99. The Kier molecular flexibility index (Phi) is 1.33. The van der Waals surface area contributed by atoms with Gasteiger partial charge in [0, 0.05) is 0 Å². The molecule has 0 amide bonds. The van der Waals surface area contributed by atoms with E-state index in [-0.39, 0.29) is 0 Å². The summed E-state index contributed by atoms with van der Waals surface area (Å²) in [5.41, 5.74) is 0. The summed E-state index contributed by atoms with van der Waals surface area (Å²) in [6.07, 6.45) is 0. The van der Waals surface area contributed by atoms with Crippen LogP contribution >= 0.6 is 14.8 Å². The fourth-order valence-corrected chi connectivity index (χ4v) is 0. The predicted octanol–water partition coefficient (Wildman–Crippen LogP) is 0.0566. The van der Waals surface area contributed by atoms with Crippen LogP contribution in [-0.4, -0.2) is 8.42 Å². The van der Waals surface area contributed by atoms with Crippen LogP contribution < -0.4 is 0 Å². The Balaban J connectivity index is 4.06. The molecule has 0 spiro atoms. The standard InChI is InChI=1S/BrO3S/c1-5(2,3)4. The smallest absolute Gasteiger partial charge is 0.185 e. The maximum absolute atomic E-state index is 8.99. The van der Waals surface area contributed by atoms with Crippen LogP contribution in [0.4, 0.5) is 0 Å². The number of rotatable bonds is 0. The average Bonchev–Trinajstić information content (AvgIpc) is 0.722. The van der Waals surface area contributed by atoms with E-state index in [2.05, 4.69) is 0 Å². The largest absolute Gasteiger partial charge is 0.356 e. The van der Waals surface area contributed by atoms with Gasteiger partial charge in [-0.25, -0.2) is 0 Å². The van der Waals surface area contributed by atoms with Gasteiger partial charge in [-0.15, -0.1) is 0 Å². The monoisotopic (exact) mass is 159 g/mol.